The molecular weight excluding hydrogens is 1160 g/mol. The Labute approximate surface area is 478 Å². The van der Waals surface area contributed by atoms with Crippen LogP contribution in [0.2, 0.25) is 0 Å². The summed E-state index contributed by atoms with van der Waals surface area (Å²) < 4.78 is 23.6. The topological polar surface area (TPSA) is 390 Å². The largest absolute Gasteiger partial charge is 0.481 e. The van der Waals surface area contributed by atoms with E-state index < -0.39 is 48.1 Å². The fourth-order valence-electron chi connectivity index (χ4n) is 6.19. The van der Waals surface area contributed by atoms with E-state index in [1.807, 2.05) is 18.4 Å². The number of rotatable bonds is 24. The Bertz CT molecular complexity index is 2270. The Hall–Kier alpha value is -6.03. The number of nitrogens with one attached hydrogen (secondary N) is 5. The molecule has 0 aromatic carbocycles. The van der Waals surface area contributed by atoms with Gasteiger partial charge in [-0.2, -0.15) is 23.5 Å². The third-order valence-corrected chi connectivity index (χ3v) is 15.3. The standard InChI is InChI=1S/C11H12N2O3S.C10H11N3O3S.C10H15NO5S2.C8H11NO5S.C7H11NO3S/c14-10(13-9-3-6-16-11(9)15)7-17-8-1-4-12-5-2-8;14-8(13-7-2-5-16-9(7)15)6-17-10-11-3-1-4-12-10;12-8(11-7-1-2-16-10(7)15)5-17-3-4-18-6-9(13)14;10-6(3-15-4-7(11)12)9-5-1-2-14-8(5)13;1-12-4-6(9)8-5-2-3-11-7(5)10/h1-2,4-5,9H,3,6-7H2,(H,13,14);1,3-4,7H,2,5-6H2,(H,13,14);7H,1-6H2,(H,11,12)(H,13,14);5H,1-4H2,(H,9,10)(H,11,12);5H,2-4H2,1H3,(H,8,9). The van der Waals surface area contributed by atoms with E-state index in [2.05, 4.69) is 51.0 Å². The molecule has 0 aliphatic carbocycles. The van der Waals surface area contributed by atoms with Crippen LogP contribution in [-0.4, -0.2) is 218 Å². The Morgan fingerprint density at radius 3 is 1.15 bits per heavy atom. The summed E-state index contributed by atoms with van der Waals surface area (Å²) in [5.74, 6) is -2.08. The molecule has 7 N–H and O–H groups in total. The van der Waals surface area contributed by atoms with Gasteiger partial charge < -0.3 is 60.5 Å². The molecule has 2 aromatic rings. The van der Waals surface area contributed by atoms with Gasteiger partial charge >= 0.3 is 41.8 Å². The zero-order valence-corrected chi connectivity index (χ0v) is 47.4. The Balaban J connectivity index is 0.000000261. The molecule has 7 rings (SSSR count). The number of pyridine rings is 1. The molecule has 434 valence electrons. The smallest absolute Gasteiger partial charge is 0.328 e. The highest BCUT2D eigenvalue weighted by atomic mass is 32.2. The molecular formula is C46H60N8O19S6. The van der Waals surface area contributed by atoms with Crippen molar-refractivity contribution in [1.29, 1.82) is 0 Å². The zero-order valence-electron chi connectivity index (χ0n) is 42.5. The van der Waals surface area contributed by atoms with Crippen LogP contribution in [0.15, 0.2) is 53.0 Å². The minimum atomic E-state index is -0.965. The van der Waals surface area contributed by atoms with E-state index in [0.717, 1.165) is 16.7 Å². The van der Waals surface area contributed by atoms with Gasteiger partial charge in [0, 0.05) is 73.3 Å². The number of cyclic esters (lactones) is 5. The van der Waals surface area contributed by atoms with Crippen LogP contribution in [0.5, 0.6) is 0 Å². The molecule has 0 bridgehead atoms. The number of esters is 5. The Morgan fingerprint density at radius 2 is 0.797 bits per heavy atom. The van der Waals surface area contributed by atoms with Crippen LogP contribution in [-0.2, 0) is 81.2 Å². The van der Waals surface area contributed by atoms with Crippen LogP contribution in [0, 0.1) is 0 Å². The molecule has 27 nitrogen and oxygen atoms in total. The van der Waals surface area contributed by atoms with Gasteiger partial charge in [0.1, 0.15) is 30.2 Å². The number of carboxylic acids is 2. The molecule has 2 aromatic heterocycles. The lowest BCUT2D eigenvalue weighted by Crippen LogP contribution is -2.39. The zero-order chi connectivity index (χ0) is 57.8. The summed E-state index contributed by atoms with van der Waals surface area (Å²) in [4.78, 5) is 145. The van der Waals surface area contributed by atoms with Gasteiger partial charge in [-0.1, -0.05) is 11.8 Å². The lowest BCUT2D eigenvalue weighted by Gasteiger charge is -2.08. The average Bonchev–Trinajstić information content (AvgIpc) is 4.29. The summed E-state index contributed by atoms with van der Waals surface area (Å²) >= 11 is 7.80. The maximum atomic E-state index is 11.6. The number of amides is 5. The van der Waals surface area contributed by atoms with E-state index in [-0.39, 0.29) is 87.9 Å². The van der Waals surface area contributed by atoms with Crippen LogP contribution in [0.4, 0.5) is 0 Å². The molecule has 5 amide bonds. The van der Waals surface area contributed by atoms with Crippen LogP contribution in [0.3, 0.4) is 0 Å². The molecule has 0 spiro atoms. The van der Waals surface area contributed by atoms with Crippen molar-refractivity contribution in [2.75, 3.05) is 91.1 Å². The summed E-state index contributed by atoms with van der Waals surface area (Å²) in [6, 6.07) is 2.93. The fourth-order valence-corrected chi connectivity index (χ4v) is 10.1. The van der Waals surface area contributed by atoms with Crippen LogP contribution < -0.4 is 26.6 Å². The molecule has 5 atom stereocenters. The molecule has 7 heterocycles. The number of ether oxygens (including phenoxy) is 5. The first-order valence-corrected chi connectivity index (χ1v) is 30.6. The molecule has 33 heteroatoms. The highest BCUT2D eigenvalue weighted by Crippen LogP contribution is 2.17. The minimum Gasteiger partial charge on any atom is -0.481 e. The SMILES string of the molecule is CSCC(=O)NC1CCOC1=O.O=C(CSc1ccncc1)NC1CCOC1=O.O=C(CSc1ncccn1)NC1CCOC1=O.O=C(O)CSCC(=O)NC1CCOC1=O.O=C(O)CSCCSCC(=O)NC1CCOC1=O. The van der Waals surface area contributed by atoms with Gasteiger partial charge in [-0.15, -0.1) is 35.3 Å². The predicted octanol–water partition coefficient (Wildman–Crippen LogP) is -0.408. The third kappa shape index (κ3) is 30.2. The van der Waals surface area contributed by atoms with Crippen molar-refractivity contribution in [2.45, 2.75) is 72.4 Å². The average molecular weight is 1220 g/mol. The summed E-state index contributed by atoms with van der Waals surface area (Å²) in [6.07, 6.45) is 11.1. The molecule has 79 heavy (non-hydrogen) atoms. The van der Waals surface area contributed by atoms with Gasteiger partial charge in [0.2, 0.25) is 29.5 Å². The predicted molar refractivity (Wildman–Crippen MR) is 291 cm³/mol. The van der Waals surface area contributed by atoms with Gasteiger partial charge in [-0.05, 0) is 24.5 Å². The molecule has 0 radical (unpaired) electrons. The van der Waals surface area contributed by atoms with E-state index in [0.29, 0.717) is 87.6 Å². The van der Waals surface area contributed by atoms with Gasteiger partial charge in [0.05, 0.1) is 73.3 Å². The van der Waals surface area contributed by atoms with Gasteiger partial charge in [0.15, 0.2) is 5.16 Å². The van der Waals surface area contributed by atoms with Crippen LogP contribution in [0.1, 0.15) is 32.1 Å². The summed E-state index contributed by atoms with van der Waals surface area (Å²) in [5.41, 5.74) is 0. The first kappa shape index (κ1) is 67.2. The molecule has 5 unspecified atom stereocenters. The molecule has 5 aliphatic heterocycles. The number of carboxylic acid groups (broad SMARTS) is 2. The van der Waals surface area contributed by atoms with Crippen molar-refractivity contribution >= 4 is 142 Å². The van der Waals surface area contributed by atoms with Crippen molar-refractivity contribution in [2.24, 2.45) is 0 Å². The minimum absolute atomic E-state index is 0.0378. The summed E-state index contributed by atoms with van der Waals surface area (Å²) in [6.45, 7) is 1.87. The number of hydrogen-bond donors (Lipinski definition) is 7. The molecule has 0 saturated carbocycles. The van der Waals surface area contributed by atoms with E-state index in [1.54, 1.807) is 30.9 Å². The normalized spacial score (nSPS) is 19.4. The highest BCUT2D eigenvalue weighted by Gasteiger charge is 2.31. The number of nitrogens with zero attached hydrogens (tertiary/aromatic N) is 3. The fraction of sp³-hybridized carbons (Fsp3) is 0.543. The van der Waals surface area contributed by atoms with Crippen molar-refractivity contribution < 1.29 is 91.4 Å². The van der Waals surface area contributed by atoms with Crippen LogP contribution >= 0.6 is 70.6 Å². The summed E-state index contributed by atoms with van der Waals surface area (Å²) in [7, 11) is 0. The first-order valence-electron chi connectivity index (χ1n) is 23.8. The maximum Gasteiger partial charge on any atom is 0.328 e. The molecule has 5 saturated heterocycles. The first-order chi connectivity index (χ1) is 37.9. The second-order valence-corrected chi connectivity index (χ2v) is 22.0. The molecule has 5 fully saturated rings. The molecule has 5 aliphatic rings. The van der Waals surface area contributed by atoms with E-state index in [9.17, 15) is 57.5 Å². The van der Waals surface area contributed by atoms with Crippen LogP contribution in [0.25, 0.3) is 0 Å². The van der Waals surface area contributed by atoms with E-state index >= 15 is 0 Å². The summed E-state index contributed by atoms with van der Waals surface area (Å²) in [5, 5.41) is 30.2. The second kappa shape index (κ2) is 39.4. The monoisotopic (exact) mass is 1220 g/mol. The van der Waals surface area contributed by atoms with Crippen molar-refractivity contribution in [3.8, 4) is 0 Å². The lowest BCUT2D eigenvalue weighted by atomic mass is 10.2. The number of hydrogen-bond acceptors (Lipinski definition) is 26. The van der Waals surface area contributed by atoms with Crippen molar-refractivity contribution in [3.05, 3.63) is 43.0 Å². The van der Waals surface area contributed by atoms with E-state index in [4.69, 9.17) is 24.4 Å². The number of carbonyl (C=O) groups is 12. The Kier molecular flexibility index (Phi) is 33.5. The van der Waals surface area contributed by atoms with Gasteiger partial charge in [-0.3, -0.25) is 38.5 Å². The quantitative estimate of drug-likeness (QED) is 0.0231. The van der Waals surface area contributed by atoms with Crippen molar-refractivity contribution in [3.63, 3.8) is 0 Å². The van der Waals surface area contributed by atoms with Gasteiger partial charge in [-0.25, -0.2) is 33.9 Å². The maximum absolute atomic E-state index is 11.6. The highest BCUT2D eigenvalue weighted by molar-refractivity contribution is 8.03. The second-order valence-electron chi connectivity index (χ2n) is 16.0. The number of thioether (sulfide) groups is 6. The number of aliphatic carboxylic acids is 2. The lowest BCUT2D eigenvalue weighted by molar-refractivity contribution is -0.141. The van der Waals surface area contributed by atoms with Gasteiger partial charge in [0.25, 0.3) is 0 Å². The number of carbonyl (C=O) groups excluding carboxylic acids is 10. The van der Waals surface area contributed by atoms with E-state index in [1.165, 1.54) is 58.8 Å². The van der Waals surface area contributed by atoms with Crippen molar-refractivity contribution in [1.82, 2.24) is 41.5 Å². The third-order valence-electron chi connectivity index (χ3n) is 9.81. The number of aromatic nitrogens is 3. The Morgan fingerprint density at radius 1 is 0.468 bits per heavy atom.